The summed E-state index contributed by atoms with van der Waals surface area (Å²) < 4.78 is 71.2. The minimum Gasteiger partial charge on any atom is -0.338 e. The second-order valence-electron chi connectivity index (χ2n) is 5.26. The normalized spacial score (nSPS) is 21.7. The lowest BCUT2D eigenvalue weighted by atomic mass is 10.2. The van der Waals surface area contributed by atoms with Crippen molar-refractivity contribution in [2.75, 3.05) is 6.54 Å². The summed E-state index contributed by atoms with van der Waals surface area (Å²) in [6.45, 7) is 0.498. The van der Waals surface area contributed by atoms with Gasteiger partial charge in [-0.15, -0.1) is 0 Å². The van der Waals surface area contributed by atoms with Crippen LogP contribution in [0.1, 0.15) is 24.2 Å². The molecule has 0 N–H and O–H groups in total. The summed E-state index contributed by atoms with van der Waals surface area (Å²) in [5, 5.41) is 3.51. The van der Waals surface area contributed by atoms with Crippen LogP contribution in [0.2, 0.25) is 0 Å². The van der Waals surface area contributed by atoms with Crippen LogP contribution in [0.3, 0.4) is 0 Å². The van der Waals surface area contributed by atoms with Gasteiger partial charge in [0, 0.05) is 6.42 Å². The smallest absolute Gasteiger partial charge is 0.263 e. The molecule has 0 unspecified atom stereocenters. The number of aryl methyl sites for hydroxylation is 1. The van der Waals surface area contributed by atoms with E-state index < -0.39 is 40.8 Å². The molecule has 2 heterocycles. The number of aromatic nitrogens is 2. The predicted octanol–water partition coefficient (Wildman–Crippen LogP) is 2.29. The van der Waals surface area contributed by atoms with E-state index in [4.69, 9.17) is 4.52 Å². The van der Waals surface area contributed by atoms with Gasteiger partial charge in [-0.2, -0.15) is 9.29 Å². The molecule has 0 radical (unpaired) electrons. The molecule has 1 fully saturated rings. The first-order valence-corrected chi connectivity index (χ1v) is 8.08. The largest absolute Gasteiger partial charge is 0.338 e. The summed E-state index contributed by atoms with van der Waals surface area (Å²) in [6.07, 6.45) is -0.755. The van der Waals surface area contributed by atoms with Crippen molar-refractivity contribution in [1.29, 1.82) is 0 Å². The highest BCUT2D eigenvalue weighted by molar-refractivity contribution is 7.89. The van der Waals surface area contributed by atoms with Gasteiger partial charge in [-0.1, -0.05) is 5.16 Å². The quantitative estimate of drug-likeness (QED) is 0.851. The van der Waals surface area contributed by atoms with Crippen molar-refractivity contribution in [3.8, 4) is 0 Å². The van der Waals surface area contributed by atoms with E-state index in [1.165, 1.54) is 6.92 Å². The molecule has 6 nitrogen and oxygen atoms in total. The number of rotatable bonds is 3. The topological polar surface area (TPSA) is 76.3 Å². The Labute approximate surface area is 130 Å². The van der Waals surface area contributed by atoms with Gasteiger partial charge in [-0.05, 0) is 31.2 Å². The number of halogens is 3. The van der Waals surface area contributed by atoms with Gasteiger partial charge in [0.2, 0.25) is 15.9 Å². The van der Waals surface area contributed by atoms with Crippen molar-refractivity contribution in [1.82, 2.24) is 14.4 Å². The van der Waals surface area contributed by atoms with Crippen LogP contribution in [0, 0.1) is 12.7 Å². The Balaban J connectivity index is 2.02. The summed E-state index contributed by atoms with van der Waals surface area (Å²) in [6, 6.07) is 2.69. The molecular formula is C13H12F3N3O3S. The number of alkyl halides is 2. The summed E-state index contributed by atoms with van der Waals surface area (Å²) in [7, 11) is -4.26. The minimum absolute atomic E-state index is 0.189. The van der Waals surface area contributed by atoms with Crippen LogP contribution in [-0.4, -0.2) is 35.3 Å². The molecule has 1 aromatic heterocycles. The van der Waals surface area contributed by atoms with Gasteiger partial charge in [0.15, 0.2) is 5.82 Å². The molecule has 3 rings (SSSR count). The van der Waals surface area contributed by atoms with E-state index in [9.17, 15) is 21.6 Å². The Hall–Kier alpha value is -1.94. The van der Waals surface area contributed by atoms with Crippen molar-refractivity contribution in [2.45, 2.75) is 30.2 Å². The fraction of sp³-hybridized carbons (Fsp3) is 0.385. The zero-order valence-corrected chi connectivity index (χ0v) is 12.7. The lowest BCUT2D eigenvalue weighted by molar-refractivity contribution is 0.0166. The molecule has 1 aromatic carbocycles. The first-order chi connectivity index (χ1) is 10.7. The molecule has 10 heteroatoms. The molecule has 2 aromatic rings. The van der Waals surface area contributed by atoms with E-state index in [-0.39, 0.29) is 16.6 Å². The van der Waals surface area contributed by atoms with E-state index in [0.29, 0.717) is 4.31 Å². The molecule has 1 atom stereocenters. The van der Waals surface area contributed by atoms with Gasteiger partial charge >= 0.3 is 0 Å². The van der Waals surface area contributed by atoms with E-state index in [1.54, 1.807) is 0 Å². The fourth-order valence-electron chi connectivity index (χ4n) is 2.44. The third kappa shape index (κ3) is 2.95. The van der Waals surface area contributed by atoms with Crippen LogP contribution >= 0.6 is 0 Å². The molecule has 23 heavy (non-hydrogen) atoms. The molecule has 124 valence electrons. The standard InChI is InChI=1S/C13H12F3N3O3S/c1-8-17-12(22-18-8)11-6-13(15,16)7-19(11)23(20,21)10-4-2-9(14)3-5-10/h2-5,11H,6-7H2,1H3/t11-/m0/s1. The Kier molecular flexibility index (Phi) is 3.68. The Morgan fingerprint density at radius 2 is 1.96 bits per heavy atom. The molecule has 1 aliphatic rings. The maximum absolute atomic E-state index is 13.8. The van der Waals surface area contributed by atoms with E-state index in [1.807, 2.05) is 0 Å². The number of hydrogen-bond acceptors (Lipinski definition) is 5. The fourth-order valence-corrected chi connectivity index (χ4v) is 4.05. The minimum atomic E-state index is -4.26. The van der Waals surface area contributed by atoms with Crippen molar-refractivity contribution >= 4 is 10.0 Å². The van der Waals surface area contributed by atoms with Crippen molar-refractivity contribution in [3.05, 3.63) is 41.8 Å². The molecule has 0 saturated carbocycles. The highest BCUT2D eigenvalue weighted by Gasteiger charge is 2.52. The summed E-state index contributed by atoms with van der Waals surface area (Å²) in [5.74, 6) is -3.82. The molecule has 1 saturated heterocycles. The van der Waals surface area contributed by atoms with Crippen LogP contribution in [0.4, 0.5) is 13.2 Å². The summed E-state index contributed by atoms with van der Waals surface area (Å²) in [5.41, 5.74) is 0. The highest BCUT2D eigenvalue weighted by atomic mass is 32.2. The Bertz CT molecular complexity index is 820. The summed E-state index contributed by atoms with van der Waals surface area (Å²) >= 11 is 0. The second kappa shape index (κ2) is 5.31. The Morgan fingerprint density at radius 1 is 1.30 bits per heavy atom. The third-order valence-electron chi connectivity index (χ3n) is 3.48. The zero-order chi connectivity index (χ0) is 16.8. The second-order valence-corrected chi connectivity index (χ2v) is 7.15. The third-order valence-corrected chi connectivity index (χ3v) is 5.34. The first-order valence-electron chi connectivity index (χ1n) is 6.64. The van der Waals surface area contributed by atoms with Crippen LogP contribution in [0.25, 0.3) is 0 Å². The maximum atomic E-state index is 13.8. The average molecular weight is 347 g/mol. The monoisotopic (exact) mass is 347 g/mol. The molecule has 1 aliphatic heterocycles. The van der Waals surface area contributed by atoms with E-state index in [2.05, 4.69) is 10.1 Å². The SMILES string of the molecule is Cc1noc([C@@H]2CC(F)(F)CN2S(=O)(=O)c2ccc(F)cc2)n1. The van der Waals surface area contributed by atoms with Gasteiger partial charge in [0.25, 0.3) is 5.92 Å². The summed E-state index contributed by atoms with van der Waals surface area (Å²) in [4.78, 5) is 3.57. The number of sulfonamides is 1. The van der Waals surface area contributed by atoms with Crippen molar-refractivity contribution < 1.29 is 26.1 Å². The van der Waals surface area contributed by atoms with E-state index >= 15 is 0 Å². The van der Waals surface area contributed by atoms with Crippen molar-refractivity contribution in [3.63, 3.8) is 0 Å². The lowest BCUT2D eigenvalue weighted by Crippen LogP contribution is -2.33. The zero-order valence-electron chi connectivity index (χ0n) is 11.9. The van der Waals surface area contributed by atoms with Gasteiger partial charge in [-0.3, -0.25) is 0 Å². The molecular weight excluding hydrogens is 335 g/mol. The molecule has 0 aliphatic carbocycles. The average Bonchev–Trinajstić information content (AvgIpc) is 3.03. The van der Waals surface area contributed by atoms with Crippen LogP contribution in [-0.2, 0) is 10.0 Å². The Morgan fingerprint density at radius 3 is 2.52 bits per heavy atom. The number of nitrogens with zero attached hydrogens (tertiary/aromatic N) is 3. The van der Waals surface area contributed by atoms with Crippen LogP contribution in [0.15, 0.2) is 33.7 Å². The molecule has 0 spiro atoms. The van der Waals surface area contributed by atoms with Crippen molar-refractivity contribution in [2.24, 2.45) is 0 Å². The molecule has 0 bridgehead atoms. The number of hydrogen-bond donors (Lipinski definition) is 0. The van der Waals surface area contributed by atoms with Gasteiger partial charge < -0.3 is 4.52 Å². The first kappa shape index (κ1) is 15.9. The molecule has 0 amide bonds. The van der Waals surface area contributed by atoms with Gasteiger partial charge in [0.1, 0.15) is 11.9 Å². The van der Waals surface area contributed by atoms with Gasteiger partial charge in [0.05, 0.1) is 11.4 Å². The van der Waals surface area contributed by atoms with Crippen LogP contribution in [0.5, 0.6) is 0 Å². The van der Waals surface area contributed by atoms with E-state index in [0.717, 1.165) is 24.3 Å². The van der Waals surface area contributed by atoms with Crippen LogP contribution < -0.4 is 0 Å². The maximum Gasteiger partial charge on any atom is 0.263 e. The highest BCUT2D eigenvalue weighted by Crippen LogP contribution is 2.43. The van der Waals surface area contributed by atoms with Gasteiger partial charge in [-0.25, -0.2) is 21.6 Å². The lowest BCUT2D eigenvalue weighted by Gasteiger charge is -2.20. The number of benzene rings is 1. The predicted molar refractivity (Wildman–Crippen MR) is 71.6 cm³/mol.